The van der Waals surface area contributed by atoms with Crippen molar-refractivity contribution in [1.82, 2.24) is 4.90 Å². The lowest BCUT2D eigenvalue weighted by molar-refractivity contribution is 0.0588. The first kappa shape index (κ1) is 16.0. The highest BCUT2D eigenvalue weighted by Gasteiger charge is 2.32. The molecule has 3 aromatic rings. The molecule has 0 radical (unpaired) electrons. The van der Waals surface area contributed by atoms with Crippen LogP contribution in [0.5, 0.6) is 5.75 Å². The zero-order chi connectivity index (χ0) is 18.3. The van der Waals surface area contributed by atoms with Crippen LogP contribution >= 0.6 is 0 Å². The standard InChI is InChI=1S/C20H17N3O3/c21-13-7-8-17(16(22)11-13)26-10-9-23-19(24)14-5-1-3-12-4-2-6-15(18(12)14)20(23)25/h1-8,11H,9-10,21-22H2. The first-order valence-corrected chi connectivity index (χ1v) is 8.22. The van der Waals surface area contributed by atoms with Gasteiger partial charge in [0.15, 0.2) is 0 Å². The Morgan fingerprint density at radius 2 is 1.54 bits per heavy atom. The largest absolute Gasteiger partial charge is 0.490 e. The summed E-state index contributed by atoms with van der Waals surface area (Å²) in [5.74, 6) is -0.153. The lowest BCUT2D eigenvalue weighted by atomic mass is 9.94. The molecule has 1 heterocycles. The van der Waals surface area contributed by atoms with Gasteiger partial charge in [0.25, 0.3) is 11.8 Å². The van der Waals surface area contributed by atoms with Crippen molar-refractivity contribution in [1.29, 1.82) is 0 Å². The molecule has 0 unspecified atom stereocenters. The Bertz CT molecular complexity index is 995. The molecule has 2 amide bonds. The van der Waals surface area contributed by atoms with Gasteiger partial charge in [-0.05, 0) is 35.7 Å². The molecule has 0 aliphatic carbocycles. The molecule has 3 aromatic carbocycles. The zero-order valence-electron chi connectivity index (χ0n) is 13.9. The van der Waals surface area contributed by atoms with E-state index in [4.69, 9.17) is 16.2 Å². The number of nitrogen functional groups attached to an aromatic ring is 2. The number of nitrogens with two attached hydrogens (primary N) is 2. The Morgan fingerprint density at radius 3 is 2.15 bits per heavy atom. The molecule has 26 heavy (non-hydrogen) atoms. The van der Waals surface area contributed by atoms with Gasteiger partial charge in [-0.25, -0.2) is 0 Å². The second-order valence-corrected chi connectivity index (χ2v) is 6.12. The van der Waals surface area contributed by atoms with Crippen molar-refractivity contribution < 1.29 is 14.3 Å². The Hall–Kier alpha value is -3.54. The fourth-order valence-corrected chi connectivity index (χ4v) is 3.23. The third kappa shape index (κ3) is 2.52. The number of imide groups is 1. The minimum absolute atomic E-state index is 0.131. The summed E-state index contributed by atoms with van der Waals surface area (Å²) in [5.41, 5.74) is 13.5. The highest BCUT2D eigenvalue weighted by atomic mass is 16.5. The molecule has 0 aromatic heterocycles. The minimum Gasteiger partial charge on any atom is -0.490 e. The molecule has 0 spiro atoms. The molecule has 0 saturated heterocycles. The van der Waals surface area contributed by atoms with Gasteiger partial charge in [0, 0.05) is 22.2 Å². The molecule has 4 rings (SSSR count). The number of anilines is 2. The van der Waals surface area contributed by atoms with Gasteiger partial charge in [-0.3, -0.25) is 14.5 Å². The Morgan fingerprint density at radius 1 is 0.885 bits per heavy atom. The summed E-state index contributed by atoms with van der Waals surface area (Å²) in [7, 11) is 0. The smallest absolute Gasteiger partial charge is 0.261 e. The number of amides is 2. The van der Waals surface area contributed by atoms with E-state index in [1.807, 2.05) is 24.3 Å². The number of carbonyl (C=O) groups excluding carboxylic acids is 2. The molecule has 0 bridgehead atoms. The molecule has 1 aliphatic heterocycles. The maximum absolute atomic E-state index is 12.8. The summed E-state index contributed by atoms with van der Waals surface area (Å²) in [6.45, 7) is 0.274. The Kier molecular flexibility index (Phi) is 3.73. The number of ether oxygens (including phenoxy) is 1. The van der Waals surface area contributed by atoms with Crippen LogP contribution in [0.25, 0.3) is 10.8 Å². The van der Waals surface area contributed by atoms with E-state index in [0.717, 1.165) is 5.39 Å². The molecular formula is C20H17N3O3. The maximum atomic E-state index is 12.8. The van der Waals surface area contributed by atoms with Crippen LogP contribution in [-0.2, 0) is 0 Å². The third-order valence-corrected chi connectivity index (χ3v) is 4.46. The molecule has 130 valence electrons. The van der Waals surface area contributed by atoms with Crippen molar-refractivity contribution in [3.63, 3.8) is 0 Å². The summed E-state index contributed by atoms with van der Waals surface area (Å²) >= 11 is 0. The average Bonchev–Trinajstić information content (AvgIpc) is 2.64. The van der Waals surface area contributed by atoms with Gasteiger partial charge in [-0.1, -0.05) is 24.3 Å². The summed E-state index contributed by atoms with van der Waals surface area (Å²) < 4.78 is 5.63. The molecule has 0 saturated carbocycles. The summed E-state index contributed by atoms with van der Waals surface area (Å²) in [5, 5.41) is 1.59. The van der Waals surface area contributed by atoms with E-state index in [9.17, 15) is 9.59 Å². The summed E-state index contributed by atoms with van der Waals surface area (Å²) in [4.78, 5) is 26.8. The number of nitrogens with zero attached hydrogens (tertiary/aromatic N) is 1. The number of carbonyl (C=O) groups is 2. The SMILES string of the molecule is Nc1ccc(OCCN2C(=O)c3cccc4cccc(c34)C2=O)c(N)c1. The van der Waals surface area contributed by atoms with Crippen molar-refractivity contribution in [3.05, 3.63) is 65.7 Å². The number of benzene rings is 3. The van der Waals surface area contributed by atoms with Gasteiger partial charge < -0.3 is 16.2 Å². The van der Waals surface area contributed by atoms with Crippen LogP contribution in [0.4, 0.5) is 11.4 Å². The van der Waals surface area contributed by atoms with Crippen LogP contribution in [0.2, 0.25) is 0 Å². The fourth-order valence-electron chi connectivity index (χ4n) is 3.23. The van der Waals surface area contributed by atoms with Crippen LogP contribution in [0.15, 0.2) is 54.6 Å². The van der Waals surface area contributed by atoms with E-state index < -0.39 is 0 Å². The van der Waals surface area contributed by atoms with E-state index in [1.54, 1.807) is 30.3 Å². The number of rotatable bonds is 4. The van der Waals surface area contributed by atoms with E-state index in [1.165, 1.54) is 4.90 Å². The normalized spacial score (nSPS) is 13.3. The van der Waals surface area contributed by atoms with Crippen LogP contribution < -0.4 is 16.2 Å². The molecule has 6 nitrogen and oxygen atoms in total. The highest BCUT2D eigenvalue weighted by Crippen LogP contribution is 2.30. The zero-order valence-corrected chi connectivity index (χ0v) is 13.9. The van der Waals surface area contributed by atoms with Crippen molar-refractivity contribution in [2.75, 3.05) is 24.6 Å². The van der Waals surface area contributed by atoms with E-state index in [-0.39, 0.29) is 25.0 Å². The van der Waals surface area contributed by atoms with Crippen molar-refractivity contribution in [2.24, 2.45) is 0 Å². The van der Waals surface area contributed by atoms with Gasteiger partial charge in [0.1, 0.15) is 12.4 Å². The summed E-state index contributed by atoms with van der Waals surface area (Å²) in [6, 6.07) is 15.9. The molecule has 0 atom stereocenters. The molecule has 1 aliphatic rings. The monoisotopic (exact) mass is 347 g/mol. The number of hydrogen-bond donors (Lipinski definition) is 2. The average molecular weight is 347 g/mol. The van der Waals surface area contributed by atoms with Crippen LogP contribution in [0, 0.1) is 0 Å². The van der Waals surface area contributed by atoms with Crippen LogP contribution in [-0.4, -0.2) is 29.9 Å². The first-order chi connectivity index (χ1) is 12.6. The highest BCUT2D eigenvalue weighted by molar-refractivity contribution is 6.25. The summed E-state index contributed by atoms with van der Waals surface area (Å²) in [6.07, 6.45) is 0. The topological polar surface area (TPSA) is 98.6 Å². The second kappa shape index (κ2) is 6.07. The van der Waals surface area contributed by atoms with Gasteiger partial charge in [0.2, 0.25) is 0 Å². The lowest BCUT2D eigenvalue weighted by Gasteiger charge is -2.27. The third-order valence-electron chi connectivity index (χ3n) is 4.46. The molecular weight excluding hydrogens is 330 g/mol. The van der Waals surface area contributed by atoms with Crippen molar-refractivity contribution in [3.8, 4) is 5.75 Å². The minimum atomic E-state index is -0.312. The van der Waals surface area contributed by atoms with Gasteiger partial charge in [0.05, 0.1) is 12.2 Å². The van der Waals surface area contributed by atoms with Crippen LogP contribution in [0.1, 0.15) is 20.7 Å². The second-order valence-electron chi connectivity index (χ2n) is 6.12. The van der Waals surface area contributed by atoms with E-state index in [2.05, 4.69) is 0 Å². The maximum Gasteiger partial charge on any atom is 0.261 e. The fraction of sp³-hybridized carbons (Fsp3) is 0.100. The van der Waals surface area contributed by atoms with Gasteiger partial charge >= 0.3 is 0 Å². The Labute approximate surface area is 150 Å². The molecule has 0 fully saturated rings. The van der Waals surface area contributed by atoms with Crippen LogP contribution in [0.3, 0.4) is 0 Å². The quantitative estimate of drug-likeness (QED) is 0.558. The predicted molar refractivity (Wildman–Crippen MR) is 100 cm³/mol. The van der Waals surface area contributed by atoms with E-state index >= 15 is 0 Å². The first-order valence-electron chi connectivity index (χ1n) is 8.22. The van der Waals surface area contributed by atoms with Crippen molar-refractivity contribution >= 4 is 34.0 Å². The van der Waals surface area contributed by atoms with Gasteiger partial charge in [-0.2, -0.15) is 0 Å². The van der Waals surface area contributed by atoms with Gasteiger partial charge in [-0.15, -0.1) is 0 Å². The predicted octanol–water partition coefficient (Wildman–Crippen LogP) is 2.68. The Balaban J connectivity index is 1.57. The molecule has 6 heteroatoms. The number of hydrogen-bond acceptors (Lipinski definition) is 5. The van der Waals surface area contributed by atoms with E-state index in [0.29, 0.717) is 33.6 Å². The lowest BCUT2D eigenvalue weighted by Crippen LogP contribution is -2.42. The van der Waals surface area contributed by atoms with Crippen molar-refractivity contribution in [2.45, 2.75) is 0 Å². The molecule has 4 N–H and O–H groups in total.